The first-order valence-corrected chi connectivity index (χ1v) is 27.0. The first kappa shape index (κ1) is 62.1. The summed E-state index contributed by atoms with van der Waals surface area (Å²) in [6, 6.07) is -0.833. The third-order valence-electron chi connectivity index (χ3n) is 12.1. The Kier molecular flexibility index (Phi) is 43.4. The van der Waals surface area contributed by atoms with Crippen LogP contribution >= 0.6 is 0 Å². The van der Waals surface area contributed by atoms with E-state index < -0.39 is 49.5 Å². The van der Waals surface area contributed by atoms with E-state index in [1.54, 1.807) is 6.08 Å². The van der Waals surface area contributed by atoms with Crippen molar-refractivity contribution in [2.45, 2.75) is 249 Å². The minimum Gasteiger partial charge on any atom is -0.394 e. The molecule has 1 aliphatic heterocycles. The van der Waals surface area contributed by atoms with Crippen LogP contribution in [0.25, 0.3) is 0 Å². The van der Waals surface area contributed by atoms with Crippen LogP contribution in [-0.2, 0) is 14.3 Å². The average molecular weight is 938 g/mol. The van der Waals surface area contributed by atoms with E-state index in [2.05, 4.69) is 104 Å². The van der Waals surface area contributed by atoms with E-state index in [-0.39, 0.29) is 12.5 Å². The Morgan fingerprint density at radius 1 is 0.522 bits per heavy atom. The zero-order valence-electron chi connectivity index (χ0n) is 42.4. The van der Waals surface area contributed by atoms with E-state index >= 15 is 0 Å². The number of nitrogens with one attached hydrogen (secondary N) is 1. The van der Waals surface area contributed by atoms with Gasteiger partial charge in [0.05, 0.1) is 25.4 Å². The Bertz CT molecular complexity index is 1370. The summed E-state index contributed by atoms with van der Waals surface area (Å²) in [7, 11) is 0. The molecule has 1 fully saturated rings. The summed E-state index contributed by atoms with van der Waals surface area (Å²) in [5.74, 6) is -0.199. The van der Waals surface area contributed by atoms with Gasteiger partial charge in [0, 0.05) is 6.42 Å². The topological polar surface area (TPSA) is 149 Å². The lowest BCUT2D eigenvalue weighted by molar-refractivity contribution is -0.302. The van der Waals surface area contributed by atoms with Gasteiger partial charge in [-0.1, -0.05) is 214 Å². The minimum atomic E-state index is -1.58. The van der Waals surface area contributed by atoms with Crippen molar-refractivity contribution in [1.29, 1.82) is 0 Å². The second-order valence-corrected chi connectivity index (χ2v) is 18.3. The molecule has 9 heteroatoms. The van der Waals surface area contributed by atoms with Gasteiger partial charge in [-0.05, 0) is 83.5 Å². The number of carbonyl (C=O) groups excluding carboxylic acids is 1. The van der Waals surface area contributed by atoms with Gasteiger partial charge in [0.2, 0.25) is 5.91 Å². The Hall–Kier alpha value is -2.89. The van der Waals surface area contributed by atoms with Crippen molar-refractivity contribution in [3.05, 3.63) is 97.2 Å². The summed E-state index contributed by atoms with van der Waals surface area (Å²) in [5, 5.41) is 54.4. The summed E-state index contributed by atoms with van der Waals surface area (Å²) in [6.07, 6.45) is 60.3. The van der Waals surface area contributed by atoms with E-state index in [1.807, 2.05) is 6.08 Å². The Morgan fingerprint density at radius 2 is 0.940 bits per heavy atom. The Morgan fingerprint density at radius 3 is 1.43 bits per heavy atom. The first-order chi connectivity index (χ1) is 32.8. The van der Waals surface area contributed by atoms with Crippen LogP contribution in [0.3, 0.4) is 0 Å². The number of aliphatic hydroxyl groups is 5. The number of rotatable bonds is 44. The minimum absolute atomic E-state index is 0.199. The molecular weight excluding hydrogens is 839 g/mol. The number of unbranched alkanes of at least 4 members (excludes halogenated alkanes) is 20. The zero-order chi connectivity index (χ0) is 48.7. The highest BCUT2D eigenvalue weighted by Gasteiger charge is 2.44. The molecule has 0 saturated carbocycles. The predicted octanol–water partition coefficient (Wildman–Crippen LogP) is 12.8. The van der Waals surface area contributed by atoms with Crippen molar-refractivity contribution in [3.63, 3.8) is 0 Å². The number of amides is 1. The van der Waals surface area contributed by atoms with E-state index in [1.165, 1.54) is 96.3 Å². The van der Waals surface area contributed by atoms with Crippen LogP contribution < -0.4 is 5.32 Å². The van der Waals surface area contributed by atoms with Gasteiger partial charge < -0.3 is 40.3 Å². The van der Waals surface area contributed by atoms with Crippen molar-refractivity contribution >= 4 is 5.91 Å². The number of hydrogen-bond donors (Lipinski definition) is 6. The second kappa shape index (κ2) is 46.8. The lowest BCUT2D eigenvalue weighted by Gasteiger charge is -2.40. The maximum absolute atomic E-state index is 13.0. The highest BCUT2D eigenvalue weighted by atomic mass is 16.7. The molecule has 0 aromatic carbocycles. The Labute approximate surface area is 409 Å². The molecular formula is C58H99NO8. The summed E-state index contributed by atoms with van der Waals surface area (Å²) in [6.45, 7) is 3.63. The van der Waals surface area contributed by atoms with Crippen LogP contribution in [0.4, 0.5) is 0 Å². The van der Waals surface area contributed by atoms with Crippen LogP contribution in [0.5, 0.6) is 0 Å². The number of carbonyl (C=O) groups is 1. The van der Waals surface area contributed by atoms with Crippen molar-refractivity contribution in [1.82, 2.24) is 5.32 Å². The summed E-state index contributed by atoms with van der Waals surface area (Å²) in [5.41, 5.74) is 0. The van der Waals surface area contributed by atoms with E-state index in [9.17, 15) is 30.3 Å². The molecule has 1 amide bonds. The second-order valence-electron chi connectivity index (χ2n) is 18.3. The van der Waals surface area contributed by atoms with Crippen LogP contribution in [0.2, 0.25) is 0 Å². The molecule has 67 heavy (non-hydrogen) atoms. The van der Waals surface area contributed by atoms with E-state index in [0.717, 1.165) is 89.9 Å². The number of hydrogen-bond acceptors (Lipinski definition) is 8. The molecule has 0 aromatic heterocycles. The third-order valence-corrected chi connectivity index (χ3v) is 12.1. The standard InChI is InChI=1S/C58H99NO8/c1-3-5-7-9-11-13-15-17-19-21-22-23-24-25-26-27-28-29-30-32-34-36-38-40-42-44-46-48-54(62)59-51(50-66-58-57(65)56(64)55(63)53(49-60)67-58)52(61)47-45-43-41-39-37-35-33-31-20-18-16-14-12-10-8-6-4-2/h5,7,11,13,17,19,22-23,25-26,28-29,37,39,45,47,51-53,55-58,60-61,63-65H,3-4,6,8-10,12,14-16,18,20-21,24,27,30-36,38,40-44,46,48-50H2,1-2H3,(H,59,62)/b7-5-,13-11-,19-17-,23-22-,26-25-,29-28-,39-37+,47-45+. The largest absolute Gasteiger partial charge is 0.394 e. The van der Waals surface area contributed by atoms with Crippen LogP contribution in [0.15, 0.2) is 97.2 Å². The lowest BCUT2D eigenvalue weighted by atomic mass is 9.99. The average Bonchev–Trinajstić information content (AvgIpc) is 3.33. The first-order valence-electron chi connectivity index (χ1n) is 27.0. The molecule has 7 unspecified atom stereocenters. The maximum Gasteiger partial charge on any atom is 0.220 e. The monoisotopic (exact) mass is 938 g/mol. The highest BCUT2D eigenvalue weighted by molar-refractivity contribution is 5.76. The van der Waals surface area contributed by atoms with Crippen LogP contribution in [0.1, 0.15) is 206 Å². The number of allylic oxidation sites excluding steroid dienone is 15. The fourth-order valence-corrected chi connectivity index (χ4v) is 7.88. The molecule has 1 rings (SSSR count). The maximum atomic E-state index is 13.0. The van der Waals surface area contributed by atoms with Crippen molar-refractivity contribution in [2.75, 3.05) is 13.2 Å². The fourth-order valence-electron chi connectivity index (χ4n) is 7.88. The van der Waals surface area contributed by atoms with Crippen molar-refractivity contribution in [2.24, 2.45) is 0 Å². The van der Waals surface area contributed by atoms with Crippen LogP contribution in [-0.4, -0.2) is 87.5 Å². The lowest BCUT2D eigenvalue weighted by Crippen LogP contribution is -2.60. The molecule has 384 valence electrons. The summed E-state index contributed by atoms with van der Waals surface area (Å²) < 4.78 is 11.2. The smallest absolute Gasteiger partial charge is 0.220 e. The van der Waals surface area contributed by atoms with Gasteiger partial charge in [0.25, 0.3) is 0 Å². The molecule has 0 aromatic rings. The normalized spacial score (nSPS) is 20.5. The van der Waals surface area contributed by atoms with Crippen molar-refractivity contribution in [3.8, 4) is 0 Å². The Balaban J connectivity index is 2.29. The van der Waals surface area contributed by atoms with Crippen LogP contribution in [0, 0.1) is 0 Å². The zero-order valence-corrected chi connectivity index (χ0v) is 42.4. The van der Waals surface area contributed by atoms with Gasteiger partial charge in [-0.25, -0.2) is 0 Å². The molecule has 1 heterocycles. The van der Waals surface area contributed by atoms with Crippen molar-refractivity contribution < 1.29 is 39.8 Å². The highest BCUT2D eigenvalue weighted by Crippen LogP contribution is 2.22. The molecule has 0 spiro atoms. The molecule has 9 nitrogen and oxygen atoms in total. The fraction of sp³-hybridized carbons (Fsp3) is 0.707. The molecule has 0 radical (unpaired) electrons. The predicted molar refractivity (Wildman–Crippen MR) is 281 cm³/mol. The molecule has 6 N–H and O–H groups in total. The summed E-state index contributed by atoms with van der Waals surface area (Å²) >= 11 is 0. The van der Waals surface area contributed by atoms with E-state index in [0.29, 0.717) is 6.42 Å². The van der Waals surface area contributed by atoms with Gasteiger partial charge in [-0.2, -0.15) is 0 Å². The molecule has 1 aliphatic rings. The number of ether oxygens (including phenoxy) is 2. The summed E-state index contributed by atoms with van der Waals surface area (Å²) in [4.78, 5) is 13.0. The van der Waals surface area contributed by atoms with Gasteiger partial charge in [-0.3, -0.25) is 4.79 Å². The van der Waals surface area contributed by atoms with Gasteiger partial charge in [-0.15, -0.1) is 0 Å². The van der Waals surface area contributed by atoms with Gasteiger partial charge >= 0.3 is 0 Å². The quantitative estimate of drug-likeness (QED) is 0.0261. The molecule has 0 bridgehead atoms. The van der Waals surface area contributed by atoms with Gasteiger partial charge in [0.15, 0.2) is 6.29 Å². The molecule has 7 atom stereocenters. The number of aliphatic hydroxyl groups excluding tert-OH is 5. The molecule has 0 aliphatic carbocycles. The van der Waals surface area contributed by atoms with Gasteiger partial charge in [0.1, 0.15) is 24.4 Å². The van der Waals surface area contributed by atoms with E-state index in [4.69, 9.17) is 9.47 Å². The third kappa shape index (κ3) is 36.7. The molecule has 1 saturated heterocycles. The SMILES string of the molecule is CC/C=C\C/C=C\C/C=C\C/C=C\C/C=C\C/C=C\CCCCCCCCCCC(=O)NC(COC1OC(CO)C(O)C(O)C1O)C(O)/C=C/CC/C=C/CCCCCCCCCCCCC.